The van der Waals surface area contributed by atoms with Crippen molar-refractivity contribution in [3.05, 3.63) is 0 Å². The normalized spacial score (nSPS) is 14.0. The molecule has 0 radical (unpaired) electrons. The second-order valence-electron chi connectivity index (χ2n) is 29.1. The number of aliphatic hydroxyl groups excluding tert-OH is 1. The summed E-state index contributed by atoms with van der Waals surface area (Å²) in [6, 6.07) is 0. The second-order valence-corrected chi connectivity index (χ2v) is 32.0. The Kier molecular flexibility index (Phi) is 68.4. The number of carbonyl (C=O) groups is 4. The highest BCUT2D eigenvalue weighted by Crippen LogP contribution is 2.45. The Balaban J connectivity index is 5.11. The standard InChI is InChI=1S/C78H152O17P2/c1-7-9-11-13-14-15-16-17-18-19-20-21-22-23-24-25-30-33-39-44-50-56-62-78(83)95-74(67-89-76(81)61-55-49-43-38-32-29-27-26-28-31-36-41-47-52-58-70(3)4)69-93-97(86,87)91-65-72(79)64-90-96(84,85)92-68-73(66-88-75(80)60-54-46-12-10-8-2)94-77(82)63-57-51-45-40-35-34-37-42-48-53-59-71(5)6/h70-74,79H,7-69H2,1-6H3,(H,84,85)(H,86,87)/t72-,73+,74+/m0/s1. The molecular weight excluding hydrogens is 1270 g/mol. The van der Waals surface area contributed by atoms with Crippen LogP contribution in [-0.4, -0.2) is 96.7 Å². The smallest absolute Gasteiger partial charge is 0.462 e. The van der Waals surface area contributed by atoms with Crippen LogP contribution < -0.4 is 0 Å². The van der Waals surface area contributed by atoms with Gasteiger partial charge in [-0.3, -0.25) is 37.3 Å². The van der Waals surface area contributed by atoms with Crippen LogP contribution in [0.25, 0.3) is 0 Å². The van der Waals surface area contributed by atoms with Gasteiger partial charge in [0.1, 0.15) is 19.3 Å². The van der Waals surface area contributed by atoms with Gasteiger partial charge in [-0.15, -0.1) is 0 Å². The number of phosphoric ester groups is 2. The van der Waals surface area contributed by atoms with Gasteiger partial charge in [0.25, 0.3) is 0 Å². The molecule has 0 spiro atoms. The van der Waals surface area contributed by atoms with Gasteiger partial charge in [-0.05, 0) is 37.5 Å². The fraction of sp³-hybridized carbons (Fsp3) is 0.949. The van der Waals surface area contributed by atoms with E-state index >= 15 is 0 Å². The molecule has 0 heterocycles. The molecule has 0 aromatic heterocycles. The maximum absolute atomic E-state index is 13.1. The molecule has 19 heteroatoms. The lowest BCUT2D eigenvalue weighted by Crippen LogP contribution is -2.30. The Morgan fingerprint density at radius 3 is 0.701 bits per heavy atom. The van der Waals surface area contributed by atoms with Crippen LogP contribution in [0.3, 0.4) is 0 Å². The molecule has 0 fully saturated rings. The van der Waals surface area contributed by atoms with E-state index in [9.17, 15) is 43.2 Å². The van der Waals surface area contributed by atoms with Crippen molar-refractivity contribution in [3.8, 4) is 0 Å². The second kappa shape index (κ2) is 69.8. The third kappa shape index (κ3) is 72.2. The molecular formula is C78H152O17P2. The number of rotatable bonds is 77. The van der Waals surface area contributed by atoms with Crippen LogP contribution in [0, 0.1) is 11.8 Å². The highest BCUT2D eigenvalue weighted by atomic mass is 31.2. The first-order chi connectivity index (χ1) is 46.9. The SMILES string of the molecule is CCCCCCCCCCCCCCCCCCCCCCCCC(=O)O[C@H](COC(=O)CCCCCCCCCCCCCCCCC(C)C)COP(=O)(O)OC[C@@H](O)COP(=O)(O)OC[C@@H](COC(=O)CCCCCCC)OC(=O)CCCCCCCCCCCCC(C)C. The lowest BCUT2D eigenvalue weighted by atomic mass is 10.0. The molecule has 0 aliphatic rings. The van der Waals surface area contributed by atoms with Gasteiger partial charge in [-0.2, -0.15) is 0 Å². The molecule has 3 N–H and O–H groups in total. The summed E-state index contributed by atoms with van der Waals surface area (Å²) >= 11 is 0. The Morgan fingerprint density at radius 2 is 0.474 bits per heavy atom. The molecule has 0 bridgehead atoms. The molecule has 0 rings (SSSR count). The summed E-state index contributed by atoms with van der Waals surface area (Å²) in [7, 11) is -9.90. The van der Waals surface area contributed by atoms with E-state index in [0.717, 1.165) is 108 Å². The number of hydrogen-bond donors (Lipinski definition) is 3. The zero-order chi connectivity index (χ0) is 71.4. The van der Waals surface area contributed by atoms with Crippen molar-refractivity contribution in [1.82, 2.24) is 0 Å². The zero-order valence-corrected chi connectivity index (χ0v) is 65.2. The molecule has 0 aliphatic carbocycles. The van der Waals surface area contributed by atoms with Crippen LogP contribution in [0.5, 0.6) is 0 Å². The van der Waals surface area contributed by atoms with Gasteiger partial charge in [0, 0.05) is 25.7 Å². The van der Waals surface area contributed by atoms with Gasteiger partial charge in [0.05, 0.1) is 26.4 Å². The van der Waals surface area contributed by atoms with Gasteiger partial charge < -0.3 is 33.8 Å². The van der Waals surface area contributed by atoms with Crippen molar-refractivity contribution in [1.29, 1.82) is 0 Å². The van der Waals surface area contributed by atoms with Gasteiger partial charge in [-0.25, -0.2) is 9.13 Å². The lowest BCUT2D eigenvalue weighted by molar-refractivity contribution is -0.161. The minimum absolute atomic E-state index is 0.105. The minimum atomic E-state index is -4.96. The van der Waals surface area contributed by atoms with Gasteiger partial charge in [0.15, 0.2) is 12.2 Å². The summed E-state index contributed by atoms with van der Waals surface area (Å²) in [5.74, 6) is -0.575. The first-order valence-corrected chi connectivity index (χ1v) is 43.5. The molecule has 0 saturated heterocycles. The maximum atomic E-state index is 13.1. The Morgan fingerprint density at radius 1 is 0.278 bits per heavy atom. The molecule has 0 aromatic carbocycles. The number of ether oxygens (including phenoxy) is 4. The average Bonchev–Trinajstić information content (AvgIpc) is 1.88. The van der Waals surface area contributed by atoms with Crippen molar-refractivity contribution >= 4 is 39.5 Å². The van der Waals surface area contributed by atoms with Crippen molar-refractivity contribution in [3.63, 3.8) is 0 Å². The van der Waals surface area contributed by atoms with Crippen LogP contribution in [0.2, 0.25) is 0 Å². The zero-order valence-electron chi connectivity index (χ0n) is 63.4. The molecule has 0 saturated carbocycles. The number of esters is 4. The van der Waals surface area contributed by atoms with Crippen molar-refractivity contribution in [2.45, 2.75) is 426 Å². The highest BCUT2D eigenvalue weighted by Gasteiger charge is 2.30. The van der Waals surface area contributed by atoms with E-state index in [4.69, 9.17) is 37.0 Å². The van der Waals surface area contributed by atoms with E-state index in [-0.39, 0.29) is 25.7 Å². The first-order valence-electron chi connectivity index (χ1n) is 40.5. The lowest BCUT2D eigenvalue weighted by Gasteiger charge is -2.21. The minimum Gasteiger partial charge on any atom is -0.462 e. The van der Waals surface area contributed by atoms with Crippen LogP contribution >= 0.6 is 15.6 Å². The van der Waals surface area contributed by atoms with Gasteiger partial charge in [-0.1, -0.05) is 356 Å². The summed E-state index contributed by atoms with van der Waals surface area (Å²) in [4.78, 5) is 72.6. The highest BCUT2D eigenvalue weighted by molar-refractivity contribution is 7.47. The molecule has 2 unspecified atom stereocenters. The number of aliphatic hydroxyl groups is 1. The van der Waals surface area contributed by atoms with E-state index in [1.807, 2.05) is 0 Å². The van der Waals surface area contributed by atoms with Crippen LogP contribution in [-0.2, 0) is 65.4 Å². The number of hydrogen-bond acceptors (Lipinski definition) is 15. The van der Waals surface area contributed by atoms with E-state index in [1.54, 1.807) is 0 Å². The first kappa shape index (κ1) is 95.1. The number of carbonyl (C=O) groups excluding carboxylic acids is 4. The molecule has 5 atom stereocenters. The largest absolute Gasteiger partial charge is 0.472 e. The maximum Gasteiger partial charge on any atom is 0.472 e. The third-order valence-corrected chi connectivity index (χ3v) is 20.1. The average molecular weight is 1420 g/mol. The summed E-state index contributed by atoms with van der Waals surface area (Å²) in [6.07, 6.45) is 58.9. The summed E-state index contributed by atoms with van der Waals surface area (Å²) in [6.45, 7) is 9.53. The molecule has 0 aliphatic heterocycles. The summed E-state index contributed by atoms with van der Waals surface area (Å²) in [5.41, 5.74) is 0. The summed E-state index contributed by atoms with van der Waals surface area (Å²) in [5, 5.41) is 10.6. The molecule has 17 nitrogen and oxygen atoms in total. The van der Waals surface area contributed by atoms with Crippen molar-refractivity contribution in [2.75, 3.05) is 39.6 Å². The van der Waals surface area contributed by atoms with Crippen LogP contribution in [0.1, 0.15) is 408 Å². The van der Waals surface area contributed by atoms with Crippen molar-refractivity contribution in [2.24, 2.45) is 11.8 Å². The van der Waals surface area contributed by atoms with E-state index in [0.29, 0.717) is 25.7 Å². The fourth-order valence-corrected chi connectivity index (χ4v) is 13.6. The predicted octanol–water partition coefficient (Wildman–Crippen LogP) is 23.1. The quantitative estimate of drug-likeness (QED) is 0.0222. The number of phosphoric acid groups is 2. The third-order valence-electron chi connectivity index (χ3n) is 18.2. The molecule has 0 aromatic rings. The Labute approximate surface area is 594 Å². The summed E-state index contributed by atoms with van der Waals surface area (Å²) < 4.78 is 68.3. The fourth-order valence-electron chi connectivity index (χ4n) is 12.0. The molecule has 97 heavy (non-hydrogen) atoms. The van der Waals surface area contributed by atoms with Crippen molar-refractivity contribution < 1.29 is 80.2 Å². The van der Waals surface area contributed by atoms with E-state index in [1.165, 1.54) is 218 Å². The van der Waals surface area contributed by atoms with Gasteiger partial charge >= 0.3 is 39.5 Å². The van der Waals surface area contributed by atoms with Crippen LogP contribution in [0.15, 0.2) is 0 Å². The molecule has 0 amide bonds. The number of unbranched alkanes of at least 4 members (excludes halogenated alkanes) is 47. The monoisotopic (exact) mass is 1420 g/mol. The Hall–Kier alpha value is -1.94. The molecule has 576 valence electrons. The van der Waals surface area contributed by atoms with E-state index in [2.05, 4.69) is 41.5 Å². The van der Waals surface area contributed by atoms with E-state index < -0.39 is 97.5 Å². The van der Waals surface area contributed by atoms with Crippen LogP contribution in [0.4, 0.5) is 0 Å². The topological polar surface area (TPSA) is 237 Å². The predicted molar refractivity (Wildman–Crippen MR) is 395 cm³/mol. The Bertz CT molecular complexity index is 1870. The van der Waals surface area contributed by atoms with Gasteiger partial charge in [0.2, 0.25) is 0 Å².